The number of carbonyl (C=O) groups is 2. The molecular formula is C14H11ClN2O3S. The van der Waals surface area contributed by atoms with E-state index in [1.165, 1.54) is 37.1 Å². The van der Waals surface area contributed by atoms with E-state index in [1.54, 1.807) is 18.2 Å². The van der Waals surface area contributed by atoms with Gasteiger partial charge in [0.25, 0.3) is 5.91 Å². The molecule has 0 aliphatic heterocycles. The number of aromatic nitrogens is 1. The first-order valence-electron chi connectivity index (χ1n) is 5.90. The van der Waals surface area contributed by atoms with Gasteiger partial charge in [-0.05, 0) is 30.3 Å². The molecule has 0 spiro atoms. The predicted octanol–water partition coefficient (Wildman–Crippen LogP) is 2.94. The minimum atomic E-state index is -1.08. The number of hydrogen-bond donors (Lipinski definition) is 2. The Hall–Kier alpha value is -2.05. The Morgan fingerprint density at radius 2 is 1.95 bits per heavy atom. The maximum Gasteiger partial charge on any atom is 0.337 e. The van der Waals surface area contributed by atoms with Crippen molar-refractivity contribution in [3.63, 3.8) is 0 Å². The van der Waals surface area contributed by atoms with Gasteiger partial charge in [0.1, 0.15) is 5.69 Å². The second kappa shape index (κ2) is 6.60. The van der Waals surface area contributed by atoms with Gasteiger partial charge in [0.2, 0.25) is 0 Å². The number of rotatable bonds is 4. The minimum absolute atomic E-state index is 0.0437. The zero-order valence-electron chi connectivity index (χ0n) is 11.0. The third kappa shape index (κ3) is 3.74. The molecule has 0 unspecified atom stereocenters. The molecule has 0 saturated heterocycles. The number of nitrogens with one attached hydrogen (secondary N) is 1. The van der Waals surface area contributed by atoms with Gasteiger partial charge in [-0.15, -0.1) is 0 Å². The molecule has 1 amide bonds. The first kappa shape index (κ1) is 15.3. The van der Waals surface area contributed by atoms with Gasteiger partial charge in [-0.3, -0.25) is 9.78 Å². The topological polar surface area (TPSA) is 79.3 Å². The van der Waals surface area contributed by atoms with Crippen LogP contribution >= 0.6 is 23.4 Å². The maximum atomic E-state index is 11.5. The Kier molecular flexibility index (Phi) is 4.82. The molecule has 0 radical (unpaired) electrons. The summed E-state index contributed by atoms with van der Waals surface area (Å²) in [4.78, 5) is 28.0. The number of nitrogens with zero attached hydrogens (tertiary/aromatic N) is 1. The highest BCUT2D eigenvalue weighted by Crippen LogP contribution is 2.30. The summed E-state index contributed by atoms with van der Waals surface area (Å²) in [6.45, 7) is 0. The van der Waals surface area contributed by atoms with Crippen LogP contribution in [0.5, 0.6) is 0 Å². The van der Waals surface area contributed by atoms with Crippen molar-refractivity contribution in [2.75, 3.05) is 7.05 Å². The molecule has 0 saturated carbocycles. The number of hydrogen-bond acceptors (Lipinski definition) is 4. The van der Waals surface area contributed by atoms with Gasteiger partial charge in [0.15, 0.2) is 0 Å². The summed E-state index contributed by atoms with van der Waals surface area (Å²) in [5.74, 6) is -1.36. The van der Waals surface area contributed by atoms with Crippen molar-refractivity contribution < 1.29 is 14.7 Å². The number of benzene rings is 1. The molecular weight excluding hydrogens is 312 g/mol. The first-order chi connectivity index (χ1) is 10.0. The highest BCUT2D eigenvalue weighted by atomic mass is 35.5. The molecule has 0 fully saturated rings. The average molecular weight is 323 g/mol. The third-order valence-corrected chi connectivity index (χ3v) is 3.90. The van der Waals surface area contributed by atoms with Crippen molar-refractivity contribution in [1.29, 1.82) is 0 Å². The van der Waals surface area contributed by atoms with Crippen LogP contribution in [0.4, 0.5) is 0 Å². The van der Waals surface area contributed by atoms with Crippen molar-refractivity contribution >= 4 is 35.2 Å². The Morgan fingerprint density at radius 1 is 1.24 bits per heavy atom. The first-order valence-corrected chi connectivity index (χ1v) is 7.09. The number of carboxylic acid groups (broad SMARTS) is 1. The molecule has 2 rings (SSSR count). The van der Waals surface area contributed by atoms with Gasteiger partial charge in [-0.1, -0.05) is 23.4 Å². The summed E-state index contributed by atoms with van der Waals surface area (Å²) in [7, 11) is 1.53. The molecule has 0 bridgehead atoms. The van der Waals surface area contributed by atoms with E-state index in [2.05, 4.69) is 10.3 Å². The molecule has 108 valence electrons. The molecule has 0 atom stereocenters. The molecule has 2 N–H and O–H groups in total. The van der Waals surface area contributed by atoms with Crippen LogP contribution < -0.4 is 5.32 Å². The van der Waals surface area contributed by atoms with Crippen molar-refractivity contribution in [3.8, 4) is 0 Å². The molecule has 2 aromatic rings. The van der Waals surface area contributed by atoms with Gasteiger partial charge in [0.05, 0.1) is 10.6 Å². The van der Waals surface area contributed by atoms with E-state index in [4.69, 9.17) is 16.7 Å². The van der Waals surface area contributed by atoms with Crippen LogP contribution in [0.25, 0.3) is 0 Å². The lowest BCUT2D eigenvalue weighted by molar-refractivity contribution is 0.0696. The van der Waals surface area contributed by atoms with E-state index in [0.717, 1.165) is 4.90 Å². The fourth-order valence-electron chi connectivity index (χ4n) is 1.59. The smallest absolute Gasteiger partial charge is 0.337 e. The zero-order valence-corrected chi connectivity index (χ0v) is 12.5. The monoisotopic (exact) mass is 322 g/mol. The largest absolute Gasteiger partial charge is 0.478 e. The Bertz CT molecular complexity index is 706. The number of halogens is 1. The zero-order chi connectivity index (χ0) is 15.4. The molecule has 1 heterocycles. The van der Waals surface area contributed by atoms with E-state index in [0.29, 0.717) is 10.6 Å². The van der Waals surface area contributed by atoms with Crippen molar-refractivity contribution in [2.45, 2.75) is 9.79 Å². The van der Waals surface area contributed by atoms with Crippen LogP contribution in [0.15, 0.2) is 46.3 Å². The molecule has 21 heavy (non-hydrogen) atoms. The summed E-state index contributed by atoms with van der Waals surface area (Å²) in [6, 6.07) is 8.13. The van der Waals surface area contributed by atoms with Crippen LogP contribution in [0.2, 0.25) is 5.02 Å². The van der Waals surface area contributed by atoms with Crippen molar-refractivity contribution in [1.82, 2.24) is 10.3 Å². The van der Waals surface area contributed by atoms with Gasteiger partial charge < -0.3 is 10.4 Å². The fraction of sp³-hybridized carbons (Fsp3) is 0.0714. The van der Waals surface area contributed by atoms with Gasteiger partial charge >= 0.3 is 5.97 Å². The van der Waals surface area contributed by atoms with Crippen molar-refractivity contribution in [3.05, 3.63) is 52.8 Å². The SMILES string of the molecule is CNC(=O)c1cc(Sc2ccc(Cl)c(C(=O)O)c2)ccn1. The quantitative estimate of drug-likeness (QED) is 0.904. The summed E-state index contributed by atoms with van der Waals surface area (Å²) in [5, 5.41) is 11.7. The Labute approximate surface area is 130 Å². The van der Waals surface area contributed by atoms with Gasteiger partial charge in [-0.25, -0.2) is 4.79 Å². The maximum absolute atomic E-state index is 11.5. The molecule has 7 heteroatoms. The number of aromatic carboxylic acids is 1. The number of amides is 1. The lowest BCUT2D eigenvalue weighted by Crippen LogP contribution is -2.18. The third-order valence-electron chi connectivity index (χ3n) is 2.60. The summed E-state index contributed by atoms with van der Waals surface area (Å²) >= 11 is 7.15. The normalized spacial score (nSPS) is 10.2. The van der Waals surface area contributed by atoms with E-state index in [-0.39, 0.29) is 16.5 Å². The highest BCUT2D eigenvalue weighted by molar-refractivity contribution is 7.99. The van der Waals surface area contributed by atoms with Crippen LogP contribution in [-0.2, 0) is 0 Å². The molecule has 1 aromatic heterocycles. The van der Waals surface area contributed by atoms with E-state index in [9.17, 15) is 9.59 Å². The highest BCUT2D eigenvalue weighted by Gasteiger charge is 2.11. The standard InChI is InChI=1S/C14H11ClN2O3S/c1-16-13(18)12-7-9(4-5-17-12)21-8-2-3-11(15)10(6-8)14(19)20/h2-7H,1H3,(H,16,18)(H,19,20). The second-order valence-electron chi connectivity index (χ2n) is 4.00. The van der Waals surface area contributed by atoms with Gasteiger partial charge in [-0.2, -0.15) is 0 Å². The number of carbonyl (C=O) groups excluding carboxylic acids is 1. The van der Waals surface area contributed by atoms with Crippen LogP contribution in [0.3, 0.4) is 0 Å². The van der Waals surface area contributed by atoms with E-state index < -0.39 is 5.97 Å². The number of carboxylic acids is 1. The predicted molar refractivity (Wildman–Crippen MR) is 80.2 cm³/mol. The van der Waals surface area contributed by atoms with Crippen LogP contribution in [-0.4, -0.2) is 29.0 Å². The molecule has 0 aliphatic carbocycles. The van der Waals surface area contributed by atoms with E-state index >= 15 is 0 Å². The van der Waals surface area contributed by atoms with Crippen molar-refractivity contribution in [2.24, 2.45) is 0 Å². The lowest BCUT2D eigenvalue weighted by atomic mass is 10.2. The Balaban J connectivity index is 2.28. The minimum Gasteiger partial charge on any atom is -0.478 e. The summed E-state index contributed by atoms with van der Waals surface area (Å²) in [6.07, 6.45) is 1.53. The Morgan fingerprint density at radius 3 is 2.62 bits per heavy atom. The van der Waals surface area contributed by atoms with E-state index in [1.807, 2.05) is 0 Å². The summed E-state index contributed by atoms with van der Waals surface area (Å²) in [5.41, 5.74) is 0.345. The lowest BCUT2D eigenvalue weighted by Gasteiger charge is -2.06. The second-order valence-corrected chi connectivity index (χ2v) is 5.56. The molecule has 5 nitrogen and oxygen atoms in total. The van der Waals surface area contributed by atoms with Crippen LogP contribution in [0, 0.1) is 0 Å². The fourth-order valence-corrected chi connectivity index (χ4v) is 2.68. The average Bonchev–Trinajstić information content (AvgIpc) is 2.48. The van der Waals surface area contributed by atoms with Crippen LogP contribution in [0.1, 0.15) is 20.8 Å². The molecule has 0 aliphatic rings. The summed E-state index contributed by atoms with van der Waals surface area (Å²) < 4.78 is 0. The molecule has 1 aromatic carbocycles. The van der Waals surface area contributed by atoms with Gasteiger partial charge in [0, 0.05) is 23.0 Å². The number of pyridine rings is 1.